The Hall–Kier alpha value is -2.48. The van der Waals surface area contributed by atoms with Crippen LogP contribution in [0, 0.1) is 17.3 Å². The normalized spacial score (nSPS) is 18.9. The Labute approximate surface area is 206 Å². The monoisotopic (exact) mass is 503 g/mol. The number of carbonyl (C=O) groups excluding carboxylic acids is 1. The summed E-state index contributed by atoms with van der Waals surface area (Å²) in [5.74, 6) is 0.975. The first-order valence-corrected chi connectivity index (χ1v) is 12.0. The Morgan fingerprint density at radius 2 is 2.09 bits per heavy atom. The molecule has 0 saturated heterocycles. The van der Waals surface area contributed by atoms with E-state index in [0.29, 0.717) is 11.0 Å². The number of para-hydroxylation sites is 2. The average molecular weight is 504 g/mol. The molecule has 0 aliphatic heterocycles. The van der Waals surface area contributed by atoms with Crippen LogP contribution in [-0.2, 0) is 10.5 Å². The maximum atomic E-state index is 12.5. The fourth-order valence-electron chi connectivity index (χ4n) is 3.91. The Kier molecular flexibility index (Phi) is 7.02. The van der Waals surface area contributed by atoms with E-state index in [9.17, 15) is 4.79 Å². The van der Waals surface area contributed by atoms with Gasteiger partial charge in [0, 0.05) is 11.3 Å². The summed E-state index contributed by atoms with van der Waals surface area (Å²) in [6.07, 6.45) is 3.32. The van der Waals surface area contributed by atoms with Crippen molar-refractivity contribution in [2.24, 2.45) is 22.4 Å². The molecule has 9 heteroatoms. The SMILES string of the molecule is COc1ccc(/C=N/NC(=O)[C@H]2[C@@H](C=C(Cl)Cl)C2(C)C)cc1CSc1nc2ccccc2o1. The molecule has 1 saturated carbocycles. The maximum Gasteiger partial charge on any atom is 0.257 e. The summed E-state index contributed by atoms with van der Waals surface area (Å²) in [7, 11) is 1.63. The molecule has 1 aliphatic rings. The first-order chi connectivity index (χ1) is 15.8. The van der Waals surface area contributed by atoms with E-state index in [-0.39, 0.29) is 27.6 Å². The van der Waals surface area contributed by atoms with Gasteiger partial charge in [-0.25, -0.2) is 10.4 Å². The summed E-state index contributed by atoms with van der Waals surface area (Å²) in [6, 6.07) is 13.4. The van der Waals surface area contributed by atoms with Crippen LogP contribution in [0.2, 0.25) is 0 Å². The van der Waals surface area contributed by atoms with Crippen molar-refractivity contribution in [3.63, 3.8) is 0 Å². The van der Waals surface area contributed by atoms with Crippen molar-refractivity contribution in [3.8, 4) is 5.75 Å². The number of hydrogen-bond acceptors (Lipinski definition) is 6. The summed E-state index contributed by atoms with van der Waals surface area (Å²) in [5.41, 5.74) is 5.80. The molecule has 0 radical (unpaired) electrons. The molecule has 0 bridgehead atoms. The molecule has 1 heterocycles. The summed E-state index contributed by atoms with van der Waals surface area (Å²) in [5, 5.41) is 4.73. The molecule has 1 aromatic heterocycles. The topological polar surface area (TPSA) is 76.7 Å². The number of halogens is 2. The lowest BCUT2D eigenvalue weighted by Gasteiger charge is -2.08. The van der Waals surface area contributed by atoms with E-state index < -0.39 is 0 Å². The number of thioether (sulfide) groups is 1. The van der Waals surface area contributed by atoms with Gasteiger partial charge in [-0.05, 0) is 53.3 Å². The predicted octanol–water partition coefficient (Wildman–Crippen LogP) is 6.17. The van der Waals surface area contributed by atoms with Crippen LogP contribution in [0.3, 0.4) is 0 Å². The number of amides is 1. The summed E-state index contributed by atoms with van der Waals surface area (Å²) >= 11 is 13.0. The second-order valence-corrected chi connectivity index (χ2v) is 10.3. The zero-order chi connectivity index (χ0) is 23.6. The van der Waals surface area contributed by atoms with Crippen molar-refractivity contribution >= 4 is 58.2 Å². The molecule has 1 fully saturated rings. The molecule has 1 aliphatic carbocycles. The lowest BCUT2D eigenvalue weighted by atomic mass is 10.1. The number of carbonyl (C=O) groups is 1. The molecular formula is C24H23Cl2N3O3S. The third-order valence-corrected chi connectivity index (χ3v) is 6.95. The predicted molar refractivity (Wildman–Crippen MR) is 133 cm³/mol. The fourth-order valence-corrected chi connectivity index (χ4v) is 5.00. The van der Waals surface area contributed by atoms with E-state index >= 15 is 0 Å². The van der Waals surface area contributed by atoms with Gasteiger partial charge < -0.3 is 9.15 Å². The molecule has 0 spiro atoms. The molecule has 1 amide bonds. The fraction of sp³-hybridized carbons (Fsp3) is 0.292. The third-order valence-electron chi connectivity index (χ3n) is 5.82. The van der Waals surface area contributed by atoms with Crippen LogP contribution in [0.15, 0.2) is 67.8 Å². The highest BCUT2D eigenvalue weighted by Crippen LogP contribution is 2.59. The first-order valence-electron chi connectivity index (χ1n) is 10.3. The number of methoxy groups -OCH3 is 1. The molecule has 2 atom stereocenters. The standard InChI is InChI=1S/C24H23Cl2N3O3S/c1-24(2)16(11-20(25)26)21(24)22(30)29-27-12-14-8-9-18(31-3)15(10-14)13-33-23-28-17-6-4-5-7-19(17)32-23/h4-12,16,21H,13H2,1-3H3,(H,29,30)/b27-12+/t16-,21-/m1/s1. The molecule has 3 aromatic rings. The van der Waals surface area contributed by atoms with E-state index in [1.807, 2.05) is 56.3 Å². The smallest absolute Gasteiger partial charge is 0.257 e. The number of oxazole rings is 1. The van der Waals surface area contributed by atoms with E-state index in [4.69, 9.17) is 32.4 Å². The lowest BCUT2D eigenvalue weighted by molar-refractivity contribution is -0.123. The molecule has 4 rings (SSSR count). The van der Waals surface area contributed by atoms with Crippen molar-refractivity contribution in [2.75, 3.05) is 7.11 Å². The number of ether oxygens (including phenoxy) is 1. The van der Waals surface area contributed by atoms with Crippen molar-refractivity contribution in [2.45, 2.75) is 24.8 Å². The number of aromatic nitrogens is 1. The van der Waals surface area contributed by atoms with Crippen LogP contribution in [-0.4, -0.2) is 24.2 Å². The Morgan fingerprint density at radius 3 is 2.82 bits per heavy atom. The van der Waals surface area contributed by atoms with Crippen LogP contribution >= 0.6 is 35.0 Å². The van der Waals surface area contributed by atoms with Gasteiger partial charge in [0.25, 0.3) is 5.22 Å². The zero-order valence-electron chi connectivity index (χ0n) is 18.3. The molecule has 1 N–H and O–H groups in total. The number of allylic oxidation sites excluding steroid dienone is 1. The molecule has 6 nitrogen and oxygen atoms in total. The molecule has 33 heavy (non-hydrogen) atoms. The number of benzene rings is 2. The minimum Gasteiger partial charge on any atom is -0.496 e. The average Bonchev–Trinajstić information content (AvgIpc) is 3.11. The van der Waals surface area contributed by atoms with Gasteiger partial charge in [-0.15, -0.1) is 0 Å². The summed E-state index contributed by atoms with van der Waals surface area (Å²) in [6.45, 7) is 4.01. The second kappa shape index (κ2) is 9.79. The molecule has 0 unspecified atom stereocenters. The lowest BCUT2D eigenvalue weighted by Crippen LogP contribution is -2.21. The van der Waals surface area contributed by atoms with Gasteiger partial charge in [-0.1, -0.05) is 60.9 Å². The van der Waals surface area contributed by atoms with E-state index in [0.717, 1.165) is 28.0 Å². The number of nitrogens with zero attached hydrogens (tertiary/aromatic N) is 2. The first kappa shape index (κ1) is 23.7. The highest BCUT2D eigenvalue weighted by molar-refractivity contribution is 7.98. The molecule has 2 aromatic carbocycles. The van der Waals surface area contributed by atoms with Crippen LogP contribution in [0.4, 0.5) is 0 Å². The number of hydrazone groups is 1. The minimum absolute atomic E-state index is 0.00540. The van der Waals surface area contributed by atoms with Crippen LogP contribution in [0.25, 0.3) is 11.1 Å². The zero-order valence-corrected chi connectivity index (χ0v) is 20.7. The number of nitrogens with one attached hydrogen (secondary N) is 1. The highest BCUT2D eigenvalue weighted by Gasteiger charge is 2.60. The molecule has 172 valence electrons. The second-order valence-electron chi connectivity index (χ2n) is 8.32. The number of hydrogen-bond donors (Lipinski definition) is 1. The van der Waals surface area contributed by atoms with Gasteiger partial charge in [0.2, 0.25) is 5.91 Å². The highest BCUT2D eigenvalue weighted by atomic mass is 35.5. The summed E-state index contributed by atoms with van der Waals surface area (Å²) < 4.78 is 11.4. The largest absolute Gasteiger partial charge is 0.496 e. The number of fused-ring (bicyclic) bond motifs is 1. The summed E-state index contributed by atoms with van der Waals surface area (Å²) in [4.78, 5) is 17.0. The van der Waals surface area contributed by atoms with Gasteiger partial charge in [0.05, 0.1) is 19.2 Å². The van der Waals surface area contributed by atoms with Crippen molar-refractivity contribution in [1.82, 2.24) is 10.4 Å². The van der Waals surface area contributed by atoms with Gasteiger partial charge in [0.15, 0.2) is 5.58 Å². The maximum absolute atomic E-state index is 12.5. The van der Waals surface area contributed by atoms with Crippen LogP contribution < -0.4 is 10.2 Å². The quantitative estimate of drug-likeness (QED) is 0.226. The van der Waals surface area contributed by atoms with Crippen LogP contribution in [0.5, 0.6) is 5.75 Å². The van der Waals surface area contributed by atoms with Crippen molar-refractivity contribution in [3.05, 3.63) is 64.2 Å². The third kappa shape index (κ3) is 5.37. The Bertz CT molecular complexity index is 1200. The van der Waals surface area contributed by atoms with Crippen molar-refractivity contribution < 1.29 is 13.9 Å². The van der Waals surface area contributed by atoms with Gasteiger partial charge >= 0.3 is 0 Å². The van der Waals surface area contributed by atoms with Gasteiger partial charge in [-0.2, -0.15) is 5.10 Å². The Balaban J connectivity index is 1.40. The number of rotatable bonds is 8. The van der Waals surface area contributed by atoms with Gasteiger partial charge in [-0.3, -0.25) is 4.79 Å². The van der Waals surface area contributed by atoms with E-state index in [1.165, 1.54) is 11.8 Å². The van der Waals surface area contributed by atoms with E-state index in [2.05, 4.69) is 15.5 Å². The molecular weight excluding hydrogens is 481 g/mol. The van der Waals surface area contributed by atoms with Gasteiger partial charge in [0.1, 0.15) is 15.8 Å². The van der Waals surface area contributed by atoms with Crippen LogP contribution in [0.1, 0.15) is 25.0 Å². The van der Waals surface area contributed by atoms with E-state index in [1.54, 1.807) is 19.4 Å². The van der Waals surface area contributed by atoms with Crippen molar-refractivity contribution in [1.29, 1.82) is 0 Å². The Morgan fingerprint density at radius 1 is 1.30 bits per heavy atom. The minimum atomic E-state index is -0.221.